The van der Waals surface area contributed by atoms with E-state index in [4.69, 9.17) is 23.2 Å². The summed E-state index contributed by atoms with van der Waals surface area (Å²) in [5.41, 5.74) is 30.3. The summed E-state index contributed by atoms with van der Waals surface area (Å²) >= 11 is 0. The summed E-state index contributed by atoms with van der Waals surface area (Å²) in [6.07, 6.45) is 7.59. The summed E-state index contributed by atoms with van der Waals surface area (Å²) in [7, 11) is 0. The fraction of sp³-hybridized carbons (Fsp3) is 0.0930. The number of pyridine rings is 3. The van der Waals surface area contributed by atoms with Gasteiger partial charge in [-0.05, 0) is 258 Å². The van der Waals surface area contributed by atoms with Gasteiger partial charge in [0.15, 0.2) is 0 Å². The first kappa shape index (κ1) is 80.7. The van der Waals surface area contributed by atoms with Crippen molar-refractivity contribution in [3.63, 3.8) is 0 Å². The van der Waals surface area contributed by atoms with Crippen LogP contribution in [0.2, 0.25) is 0 Å². The zero-order chi connectivity index (χ0) is 90.9. The van der Waals surface area contributed by atoms with Gasteiger partial charge < -0.3 is 13.3 Å². The lowest BCUT2D eigenvalue weighted by Crippen LogP contribution is -2.10. The van der Waals surface area contributed by atoms with Crippen LogP contribution >= 0.6 is 0 Å². The molecule has 6 aromatic heterocycles. The first-order valence-electron chi connectivity index (χ1n) is 46.9. The summed E-state index contributed by atoms with van der Waals surface area (Å²) in [6.45, 7) is 20.6. The molecule has 0 fully saturated rings. The van der Waals surface area contributed by atoms with Crippen LogP contribution in [0.25, 0.3) is 263 Å². The van der Waals surface area contributed by atoms with Crippen molar-refractivity contribution in [2.24, 2.45) is 0 Å². The monoisotopic (exact) mass is 1730 g/mol. The lowest BCUT2D eigenvalue weighted by atomic mass is 9.81. The summed E-state index contributed by atoms with van der Waals surface area (Å²) in [5.74, 6) is 0. The Morgan fingerprint density at radius 1 is 0.185 bits per heavy atom. The van der Waals surface area contributed by atoms with E-state index in [1.54, 1.807) is 0 Å². The van der Waals surface area contributed by atoms with Crippen LogP contribution in [0.5, 0.6) is 0 Å². The molecule has 27 aromatic rings. The van der Waals surface area contributed by atoms with E-state index < -0.39 is 0 Å². The van der Waals surface area contributed by atoms with E-state index in [9.17, 15) is 0 Å². The molecule has 0 atom stereocenters. The molecule has 642 valence electrons. The van der Waals surface area contributed by atoms with Crippen LogP contribution in [0.3, 0.4) is 0 Å². The summed E-state index contributed by atoms with van der Waals surface area (Å²) in [6, 6.07) is 136. The number of hydrogen-bond donors (Lipinski definition) is 0. The highest BCUT2D eigenvalue weighted by Crippen LogP contribution is 2.52. The Bertz CT molecular complexity index is 8970. The van der Waals surface area contributed by atoms with Gasteiger partial charge in [-0.25, -0.2) is 0 Å². The van der Waals surface area contributed by atoms with Crippen molar-refractivity contribution in [2.75, 3.05) is 0 Å². The molecule has 0 saturated carbocycles. The van der Waals surface area contributed by atoms with E-state index in [-0.39, 0.29) is 16.2 Å². The van der Waals surface area contributed by atoms with Crippen molar-refractivity contribution >= 4 is 163 Å². The van der Waals surface area contributed by atoms with Gasteiger partial charge in [0, 0.05) is 90.5 Å². The molecular formula is C129H93N3O3. The second-order valence-electron chi connectivity index (χ2n) is 39.6. The van der Waals surface area contributed by atoms with Crippen LogP contribution in [-0.2, 0) is 16.2 Å². The maximum Gasteiger partial charge on any atom is 0.143 e. The highest BCUT2D eigenvalue weighted by Gasteiger charge is 2.28. The number of nitrogens with zero attached hydrogens (tertiary/aromatic N) is 3. The molecule has 0 amide bonds. The van der Waals surface area contributed by atoms with Crippen LogP contribution in [0.1, 0.15) is 79.0 Å². The smallest absolute Gasteiger partial charge is 0.143 e. The number of para-hydroxylation sites is 6. The van der Waals surface area contributed by atoms with Gasteiger partial charge in [-0.1, -0.05) is 366 Å². The second kappa shape index (κ2) is 31.1. The Morgan fingerprint density at radius 2 is 0.467 bits per heavy atom. The Hall–Kier alpha value is -16.4. The molecule has 6 heteroatoms. The summed E-state index contributed by atoms with van der Waals surface area (Å²) in [4.78, 5) is 14.1. The SMILES string of the molecule is CC(C)(C)c1cc2ccc3c(-c4ccc(-c5cccc6c5oc5ccccc56)cc4)cc(-c4ccccn4)c4ccc(c1)c2c34.CC(C)(C)c1cc2ccc3c(-c4ccc(-c5cccc6c5oc5ccccc56)cc4)cc(-c4cccnc4)c4ccc(c1)c2c34.CC(C)(C)c1cc2ccc3c(-c4cccc(-c5cccc6c5oc5ccccc56)c4)cc(-c4ccccn4)c4ccc(c1)c2c34. The van der Waals surface area contributed by atoms with E-state index in [2.05, 4.69) is 389 Å². The largest absolute Gasteiger partial charge is 0.455 e. The Labute approximate surface area is 782 Å². The Balaban J connectivity index is 0.000000108. The first-order valence-corrected chi connectivity index (χ1v) is 46.9. The van der Waals surface area contributed by atoms with E-state index in [0.717, 1.165) is 127 Å². The minimum atomic E-state index is 0.0673. The molecule has 6 heterocycles. The Kier molecular flexibility index (Phi) is 18.6. The third-order valence-electron chi connectivity index (χ3n) is 28.3. The molecule has 0 aliphatic rings. The van der Waals surface area contributed by atoms with Crippen LogP contribution in [0, 0.1) is 0 Å². The van der Waals surface area contributed by atoms with Crippen molar-refractivity contribution in [2.45, 2.75) is 78.6 Å². The van der Waals surface area contributed by atoms with Crippen LogP contribution in [-0.4, -0.2) is 15.0 Å². The van der Waals surface area contributed by atoms with Gasteiger partial charge in [0.25, 0.3) is 0 Å². The normalized spacial score (nSPS) is 12.3. The molecule has 0 N–H and O–H groups in total. The Morgan fingerprint density at radius 3 is 0.800 bits per heavy atom. The lowest BCUT2D eigenvalue weighted by Gasteiger charge is -2.23. The van der Waals surface area contributed by atoms with Crippen molar-refractivity contribution in [3.05, 3.63) is 418 Å². The molecule has 6 nitrogen and oxygen atoms in total. The number of fused-ring (bicyclic) bond motifs is 9. The third kappa shape index (κ3) is 13.5. The van der Waals surface area contributed by atoms with Crippen molar-refractivity contribution in [3.8, 4) is 100 Å². The van der Waals surface area contributed by atoms with Crippen molar-refractivity contribution < 1.29 is 13.3 Å². The fourth-order valence-electron chi connectivity index (χ4n) is 21.4. The number of rotatable bonds is 9. The standard InChI is InChI=1S/3C43H31NO/c1-43(2,3)31-22-28-17-19-34-37(24-38(30-8-7-21-44-25-30)35-20-18-29(23-31)40(28)41(34)35)27-15-13-26(14-16-27)32-10-6-11-36-33-9-4-5-12-39(33)45-42(32)36;1-43(2,3)30-23-28-17-19-33-36(25-37(38-15-6-7-21-44-38)34-20-18-29(24-30)40(28)41(33)34)27-11-8-10-26(22-27)31-13-9-14-35-32-12-4-5-16-39(32)45-42(31)35;1-43(2,3)30-23-28-18-20-33-36(25-37(38-12-6-7-22-44-38)34-21-19-29(24-30)40(28)41(33)34)27-16-14-26(15-17-27)31-10-8-11-35-32-9-4-5-13-39(32)45-42(31)35/h3*4-25H,1-3H3. The quantitative estimate of drug-likeness (QED) is 0.134. The maximum atomic E-state index is 6.43. The minimum Gasteiger partial charge on any atom is -0.455 e. The van der Waals surface area contributed by atoms with E-state index in [1.165, 1.54) is 153 Å². The van der Waals surface area contributed by atoms with Gasteiger partial charge in [-0.2, -0.15) is 0 Å². The molecule has 0 aliphatic heterocycles. The molecule has 0 radical (unpaired) electrons. The van der Waals surface area contributed by atoms with Crippen LogP contribution in [0.4, 0.5) is 0 Å². The summed E-state index contributed by atoms with van der Waals surface area (Å²) in [5, 5.41) is 30.0. The lowest BCUT2D eigenvalue weighted by molar-refractivity contribution is 0.591. The van der Waals surface area contributed by atoms with Crippen molar-refractivity contribution in [1.29, 1.82) is 0 Å². The van der Waals surface area contributed by atoms with Gasteiger partial charge in [0.1, 0.15) is 33.5 Å². The molecule has 0 aliphatic carbocycles. The molecule has 0 spiro atoms. The van der Waals surface area contributed by atoms with Crippen molar-refractivity contribution in [1.82, 2.24) is 15.0 Å². The molecule has 135 heavy (non-hydrogen) atoms. The molecule has 0 bridgehead atoms. The highest BCUT2D eigenvalue weighted by molar-refractivity contribution is 6.32. The number of aromatic nitrogens is 3. The van der Waals surface area contributed by atoms with Gasteiger partial charge in [0.05, 0.1) is 11.4 Å². The zero-order valence-electron chi connectivity index (χ0n) is 76.7. The number of hydrogen-bond acceptors (Lipinski definition) is 6. The zero-order valence-corrected chi connectivity index (χ0v) is 76.7. The maximum absolute atomic E-state index is 6.43. The van der Waals surface area contributed by atoms with Gasteiger partial charge in [0.2, 0.25) is 0 Å². The van der Waals surface area contributed by atoms with Crippen LogP contribution < -0.4 is 0 Å². The van der Waals surface area contributed by atoms with E-state index in [1.807, 2.05) is 79.4 Å². The topological polar surface area (TPSA) is 78.1 Å². The predicted molar refractivity (Wildman–Crippen MR) is 571 cm³/mol. The van der Waals surface area contributed by atoms with E-state index >= 15 is 0 Å². The minimum absolute atomic E-state index is 0.0673. The molecule has 27 rings (SSSR count). The fourth-order valence-corrected chi connectivity index (χ4v) is 21.4. The summed E-state index contributed by atoms with van der Waals surface area (Å²) < 4.78 is 19.2. The third-order valence-corrected chi connectivity index (χ3v) is 28.3. The van der Waals surface area contributed by atoms with Gasteiger partial charge >= 0.3 is 0 Å². The van der Waals surface area contributed by atoms with Gasteiger partial charge in [-0.15, -0.1) is 0 Å². The highest BCUT2D eigenvalue weighted by atomic mass is 16.3. The average molecular weight is 1730 g/mol. The number of benzene rings is 21. The second-order valence-corrected chi connectivity index (χ2v) is 39.6. The molecule has 0 saturated heterocycles. The van der Waals surface area contributed by atoms with Crippen LogP contribution in [0.15, 0.2) is 414 Å². The predicted octanol–water partition coefficient (Wildman–Crippen LogP) is 36.5. The van der Waals surface area contributed by atoms with E-state index in [0.29, 0.717) is 0 Å². The molecular weight excluding hydrogens is 1640 g/mol. The molecule has 0 unspecified atom stereocenters. The average Bonchev–Trinajstić information content (AvgIpc) is 1.68. The number of furan rings is 3. The molecule has 21 aromatic carbocycles. The van der Waals surface area contributed by atoms with Gasteiger partial charge in [-0.3, -0.25) is 15.0 Å². The first-order chi connectivity index (χ1) is 65.8.